The lowest BCUT2D eigenvalue weighted by atomic mass is 9.84. The highest BCUT2D eigenvalue weighted by molar-refractivity contribution is 5.47. The molecule has 2 rings (SSSR count). The number of benzene rings is 1. The summed E-state index contributed by atoms with van der Waals surface area (Å²) in [6.45, 7) is 2.15. The zero-order valence-electron chi connectivity index (χ0n) is 10.7. The molecule has 4 heteroatoms. The van der Waals surface area contributed by atoms with Gasteiger partial charge in [-0.2, -0.15) is 0 Å². The first-order valence-corrected chi connectivity index (χ1v) is 6.54. The fraction of sp³-hybridized carbons (Fsp3) is 0.571. The Balaban J connectivity index is 2.15. The van der Waals surface area contributed by atoms with Crippen molar-refractivity contribution in [1.82, 2.24) is 0 Å². The summed E-state index contributed by atoms with van der Waals surface area (Å²) in [5.41, 5.74) is 6.32. The molecule has 2 unspecified atom stereocenters. The molecule has 0 saturated heterocycles. The smallest absolute Gasteiger partial charge is 0.146 e. The van der Waals surface area contributed by atoms with E-state index in [0.29, 0.717) is 18.0 Å². The van der Waals surface area contributed by atoms with E-state index in [2.05, 4.69) is 5.32 Å². The molecule has 0 radical (unpaired) electrons. The molecule has 3 N–H and O–H groups in total. The van der Waals surface area contributed by atoms with Crippen LogP contribution >= 0.6 is 0 Å². The van der Waals surface area contributed by atoms with Crippen LogP contribution in [0.1, 0.15) is 31.2 Å². The molecule has 0 amide bonds. The van der Waals surface area contributed by atoms with Crippen molar-refractivity contribution in [1.29, 1.82) is 0 Å². The Morgan fingerprint density at radius 2 is 1.94 bits per heavy atom. The van der Waals surface area contributed by atoms with Crippen LogP contribution < -0.4 is 11.1 Å². The van der Waals surface area contributed by atoms with Crippen molar-refractivity contribution in [3.05, 3.63) is 29.3 Å². The van der Waals surface area contributed by atoms with Crippen molar-refractivity contribution in [2.24, 2.45) is 11.7 Å². The van der Waals surface area contributed by atoms with Crippen molar-refractivity contribution in [3.8, 4) is 0 Å². The van der Waals surface area contributed by atoms with Crippen LogP contribution in [-0.2, 0) is 0 Å². The van der Waals surface area contributed by atoms with Crippen LogP contribution in [0.2, 0.25) is 0 Å². The number of hydrogen-bond acceptors (Lipinski definition) is 2. The van der Waals surface area contributed by atoms with Gasteiger partial charge >= 0.3 is 0 Å². The SMILES string of the molecule is Cc1cc(F)c(NC2CCCCC2CN)cc1F. The lowest BCUT2D eigenvalue weighted by Gasteiger charge is -2.32. The van der Waals surface area contributed by atoms with Crippen molar-refractivity contribution >= 4 is 5.69 Å². The number of hydrogen-bond donors (Lipinski definition) is 2. The molecule has 1 aliphatic carbocycles. The highest BCUT2D eigenvalue weighted by atomic mass is 19.1. The third-order valence-electron chi connectivity index (χ3n) is 3.80. The second kappa shape index (κ2) is 5.65. The summed E-state index contributed by atoms with van der Waals surface area (Å²) in [7, 11) is 0. The third kappa shape index (κ3) is 2.80. The molecule has 0 aromatic heterocycles. The summed E-state index contributed by atoms with van der Waals surface area (Å²) in [6.07, 6.45) is 4.32. The summed E-state index contributed by atoms with van der Waals surface area (Å²) in [6, 6.07) is 2.63. The highest BCUT2D eigenvalue weighted by Gasteiger charge is 2.24. The van der Waals surface area contributed by atoms with Crippen molar-refractivity contribution in [2.45, 2.75) is 38.6 Å². The van der Waals surface area contributed by atoms with Crippen LogP contribution in [0.5, 0.6) is 0 Å². The molecule has 1 aliphatic rings. The van der Waals surface area contributed by atoms with E-state index in [0.717, 1.165) is 19.3 Å². The molecule has 0 heterocycles. The van der Waals surface area contributed by atoms with Gasteiger partial charge in [0.2, 0.25) is 0 Å². The number of aryl methyl sites for hydroxylation is 1. The molecule has 0 bridgehead atoms. The van der Waals surface area contributed by atoms with Gasteiger partial charge in [-0.05, 0) is 43.9 Å². The molecule has 18 heavy (non-hydrogen) atoms. The van der Waals surface area contributed by atoms with Gasteiger partial charge in [0, 0.05) is 12.1 Å². The molecule has 0 spiro atoms. The van der Waals surface area contributed by atoms with E-state index in [1.54, 1.807) is 6.92 Å². The van der Waals surface area contributed by atoms with Gasteiger partial charge in [-0.25, -0.2) is 8.78 Å². The van der Waals surface area contributed by atoms with E-state index in [9.17, 15) is 8.78 Å². The minimum Gasteiger partial charge on any atom is -0.380 e. The maximum atomic E-state index is 13.8. The minimum absolute atomic E-state index is 0.153. The highest BCUT2D eigenvalue weighted by Crippen LogP contribution is 2.28. The van der Waals surface area contributed by atoms with Gasteiger partial charge in [-0.1, -0.05) is 12.8 Å². The largest absolute Gasteiger partial charge is 0.380 e. The maximum Gasteiger partial charge on any atom is 0.146 e. The second-order valence-corrected chi connectivity index (χ2v) is 5.11. The number of anilines is 1. The molecule has 2 atom stereocenters. The summed E-state index contributed by atoms with van der Waals surface area (Å²) in [4.78, 5) is 0. The van der Waals surface area contributed by atoms with Crippen LogP contribution in [0.4, 0.5) is 14.5 Å². The predicted molar refractivity (Wildman–Crippen MR) is 69.5 cm³/mol. The minimum atomic E-state index is -0.393. The molecular formula is C14H20F2N2. The Labute approximate surface area is 107 Å². The van der Waals surface area contributed by atoms with E-state index in [1.165, 1.54) is 18.6 Å². The lowest BCUT2D eigenvalue weighted by Crippen LogP contribution is -2.37. The molecule has 1 aromatic rings. The Hall–Kier alpha value is -1.16. The molecule has 2 nitrogen and oxygen atoms in total. The van der Waals surface area contributed by atoms with E-state index in [4.69, 9.17) is 5.73 Å². The molecule has 0 aliphatic heterocycles. The van der Waals surface area contributed by atoms with Gasteiger partial charge < -0.3 is 11.1 Å². The number of nitrogens with one attached hydrogen (secondary N) is 1. The fourth-order valence-electron chi connectivity index (χ4n) is 2.64. The van der Waals surface area contributed by atoms with Gasteiger partial charge in [0.1, 0.15) is 11.6 Å². The van der Waals surface area contributed by atoms with Crippen LogP contribution in [0.25, 0.3) is 0 Å². The van der Waals surface area contributed by atoms with Crippen LogP contribution in [0.3, 0.4) is 0 Å². The summed E-state index contributed by atoms with van der Waals surface area (Å²) in [5, 5.41) is 3.12. The normalized spacial score (nSPS) is 24.0. The van der Waals surface area contributed by atoms with Crippen molar-refractivity contribution in [2.75, 3.05) is 11.9 Å². The van der Waals surface area contributed by atoms with Crippen molar-refractivity contribution < 1.29 is 8.78 Å². The Bertz CT molecular complexity index is 421. The topological polar surface area (TPSA) is 38.0 Å². The monoisotopic (exact) mass is 254 g/mol. The van der Waals surface area contributed by atoms with Gasteiger partial charge in [0.25, 0.3) is 0 Å². The van der Waals surface area contributed by atoms with E-state index in [-0.39, 0.29) is 17.5 Å². The first kappa shape index (κ1) is 13.3. The quantitative estimate of drug-likeness (QED) is 0.869. The fourth-order valence-corrected chi connectivity index (χ4v) is 2.64. The first-order chi connectivity index (χ1) is 8.61. The van der Waals surface area contributed by atoms with Crippen LogP contribution in [-0.4, -0.2) is 12.6 Å². The Morgan fingerprint density at radius 3 is 2.67 bits per heavy atom. The second-order valence-electron chi connectivity index (χ2n) is 5.11. The third-order valence-corrected chi connectivity index (χ3v) is 3.80. The summed E-state index contributed by atoms with van der Waals surface area (Å²) < 4.78 is 27.2. The molecule has 100 valence electrons. The van der Waals surface area contributed by atoms with Gasteiger partial charge in [0.05, 0.1) is 5.69 Å². The standard InChI is InChI=1S/C14H20F2N2/c1-9-6-12(16)14(7-11(9)15)18-13-5-3-2-4-10(13)8-17/h6-7,10,13,18H,2-5,8,17H2,1H3. The van der Waals surface area contributed by atoms with E-state index >= 15 is 0 Å². The van der Waals surface area contributed by atoms with Crippen LogP contribution in [0.15, 0.2) is 12.1 Å². The zero-order chi connectivity index (χ0) is 13.1. The van der Waals surface area contributed by atoms with Gasteiger partial charge in [0.15, 0.2) is 0 Å². The van der Waals surface area contributed by atoms with Crippen molar-refractivity contribution in [3.63, 3.8) is 0 Å². The Morgan fingerprint density at radius 1 is 1.22 bits per heavy atom. The average molecular weight is 254 g/mol. The average Bonchev–Trinajstić information content (AvgIpc) is 2.36. The Kier molecular flexibility index (Phi) is 4.17. The number of halogens is 2. The van der Waals surface area contributed by atoms with Crippen LogP contribution in [0, 0.1) is 24.5 Å². The number of nitrogens with two attached hydrogens (primary N) is 1. The first-order valence-electron chi connectivity index (χ1n) is 6.54. The van der Waals surface area contributed by atoms with Gasteiger partial charge in [-0.15, -0.1) is 0 Å². The molecule has 1 fully saturated rings. The molecular weight excluding hydrogens is 234 g/mol. The molecule has 1 aromatic carbocycles. The zero-order valence-corrected chi connectivity index (χ0v) is 10.7. The summed E-state index contributed by atoms with van der Waals surface area (Å²) in [5.74, 6) is -0.420. The lowest BCUT2D eigenvalue weighted by molar-refractivity contribution is 0.332. The van der Waals surface area contributed by atoms with E-state index < -0.39 is 5.82 Å². The van der Waals surface area contributed by atoms with E-state index in [1.807, 2.05) is 0 Å². The molecule has 1 saturated carbocycles. The maximum absolute atomic E-state index is 13.8. The predicted octanol–water partition coefficient (Wildman–Crippen LogP) is 3.20. The number of rotatable bonds is 3. The summed E-state index contributed by atoms with van der Waals surface area (Å²) >= 11 is 0. The van der Waals surface area contributed by atoms with Gasteiger partial charge in [-0.3, -0.25) is 0 Å².